The topological polar surface area (TPSA) is 67.9 Å². The van der Waals surface area contributed by atoms with Gasteiger partial charge in [0.05, 0.1) is 29.5 Å². The predicted molar refractivity (Wildman–Crippen MR) is 89.1 cm³/mol. The van der Waals surface area contributed by atoms with E-state index in [-0.39, 0.29) is 12.1 Å². The van der Waals surface area contributed by atoms with Crippen LogP contribution in [0.15, 0.2) is 43.0 Å². The van der Waals surface area contributed by atoms with E-state index in [0.717, 1.165) is 36.4 Å². The summed E-state index contributed by atoms with van der Waals surface area (Å²) in [5.74, 6) is 1.27. The maximum atomic E-state index is 10.4. The zero-order chi connectivity index (χ0) is 15.8. The Hall–Kier alpha value is -2.34. The monoisotopic (exact) mass is 311 g/mol. The van der Waals surface area contributed by atoms with Crippen molar-refractivity contribution in [3.63, 3.8) is 0 Å². The Labute approximate surface area is 134 Å². The van der Waals surface area contributed by atoms with Crippen LogP contribution in [0.2, 0.25) is 0 Å². The molecule has 0 radical (unpaired) electrons. The number of aromatic nitrogens is 4. The normalized spacial score (nSPS) is 24.3. The first kappa shape index (κ1) is 14.3. The van der Waals surface area contributed by atoms with Gasteiger partial charge in [0, 0.05) is 26.0 Å². The molecule has 3 aromatic rings. The molecule has 1 saturated carbocycles. The third-order valence-electron chi connectivity index (χ3n) is 4.76. The minimum absolute atomic E-state index is 0.0408. The Morgan fingerprint density at radius 2 is 2.17 bits per heavy atom. The van der Waals surface area contributed by atoms with E-state index in [1.54, 1.807) is 6.20 Å². The first-order valence-electron chi connectivity index (χ1n) is 8.02. The second kappa shape index (κ2) is 5.70. The Bertz CT molecular complexity index is 795. The summed E-state index contributed by atoms with van der Waals surface area (Å²) in [5.41, 5.74) is 2.07. The van der Waals surface area contributed by atoms with E-state index in [9.17, 15) is 5.11 Å². The van der Waals surface area contributed by atoms with Gasteiger partial charge in [0.1, 0.15) is 0 Å². The van der Waals surface area contributed by atoms with Crippen molar-refractivity contribution in [2.75, 3.05) is 5.32 Å². The number of aliphatic hydroxyl groups excluding tert-OH is 1. The van der Waals surface area contributed by atoms with Gasteiger partial charge in [0.15, 0.2) is 0 Å². The number of benzene rings is 1. The molecule has 2 N–H and O–H groups in total. The van der Waals surface area contributed by atoms with Gasteiger partial charge in [-0.05, 0) is 30.9 Å². The van der Waals surface area contributed by atoms with E-state index in [4.69, 9.17) is 0 Å². The summed E-state index contributed by atoms with van der Waals surface area (Å²) in [5, 5.41) is 13.8. The lowest BCUT2D eigenvalue weighted by Crippen LogP contribution is -2.29. The molecule has 1 aliphatic rings. The number of imidazole rings is 2. The van der Waals surface area contributed by atoms with E-state index in [2.05, 4.69) is 25.9 Å². The fourth-order valence-electron chi connectivity index (χ4n) is 3.56. The summed E-state index contributed by atoms with van der Waals surface area (Å²) in [6.45, 7) is 0.901. The number of hydrogen-bond donors (Lipinski definition) is 2. The number of fused-ring (bicyclic) bond motifs is 1. The molecule has 2 aromatic heterocycles. The third-order valence-corrected chi connectivity index (χ3v) is 4.76. The largest absolute Gasteiger partial charge is 0.391 e. The molecule has 2 heterocycles. The van der Waals surface area contributed by atoms with Crippen LogP contribution >= 0.6 is 0 Å². The van der Waals surface area contributed by atoms with Crippen molar-refractivity contribution in [3.8, 4) is 0 Å². The molecule has 0 saturated heterocycles. The second-order valence-corrected chi connectivity index (χ2v) is 6.40. The fourth-order valence-corrected chi connectivity index (χ4v) is 3.56. The van der Waals surface area contributed by atoms with E-state index in [1.807, 2.05) is 42.3 Å². The number of hydrogen-bond acceptors (Lipinski definition) is 4. The maximum absolute atomic E-state index is 10.4. The van der Waals surface area contributed by atoms with Crippen LogP contribution in [0.4, 0.5) is 5.95 Å². The van der Waals surface area contributed by atoms with E-state index in [0.29, 0.717) is 5.92 Å². The second-order valence-electron chi connectivity index (χ2n) is 6.40. The molecule has 120 valence electrons. The van der Waals surface area contributed by atoms with E-state index >= 15 is 0 Å². The van der Waals surface area contributed by atoms with Crippen LogP contribution in [0.25, 0.3) is 11.0 Å². The SMILES string of the molecule is Cn1c(N[C@@H]2CC(Cn3ccnc3)C[C@H]2O)nc2ccccc21. The van der Waals surface area contributed by atoms with Crippen molar-refractivity contribution in [2.45, 2.75) is 31.5 Å². The van der Waals surface area contributed by atoms with E-state index < -0.39 is 0 Å². The third kappa shape index (κ3) is 2.70. The van der Waals surface area contributed by atoms with Gasteiger partial charge >= 0.3 is 0 Å². The van der Waals surface area contributed by atoms with Gasteiger partial charge in [-0.3, -0.25) is 0 Å². The van der Waals surface area contributed by atoms with Crippen LogP contribution in [-0.4, -0.2) is 36.4 Å². The van der Waals surface area contributed by atoms with Crippen LogP contribution in [0.5, 0.6) is 0 Å². The maximum Gasteiger partial charge on any atom is 0.203 e. The van der Waals surface area contributed by atoms with Gasteiger partial charge in [0.25, 0.3) is 0 Å². The van der Waals surface area contributed by atoms with Gasteiger partial charge in [-0.1, -0.05) is 12.1 Å². The summed E-state index contributed by atoms with van der Waals surface area (Å²) in [6, 6.07) is 8.11. The average Bonchev–Trinajstić information content (AvgIpc) is 3.23. The summed E-state index contributed by atoms with van der Waals surface area (Å²) >= 11 is 0. The highest BCUT2D eigenvalue weighted by atomic mass is 16.3. The molecule has 1 aliphatic carbocycles. The van der Waals surface area contributed by atoms with Gasteiger partial charge in [-0.15, -0.1) is 0 Å². The van der Waals surface area contributed by atoms with Crippen LogP contribution in [-0.2, 0) is 13.6 Å². The zero-order valence-corrected chi connectivity index (χ0v) is 13.1. The molecule has 1 fully saturated rings. The standard InChI is InChI=1S/C17H21N5O/c1-21-15-5-3-2-4-13(15)19-17(21)20-14-8-12(9-16(14)23)10-22-7-6-18-11-22/h2-7,11-12,14,16,23H,8-10H2,1H3,(H,19,20)/t12?,14-,16-/m1/s1. The summed E-state index contributed by atoms with van der Waals surface area (Å²) in [4.78, 5) is 8.71. The molecule has 6 nitrogen and oxygen atoms in total. The summed E-state index contributed by atoms with van der Waals surface area (Å²) in [7, 11) is 2.00. The number of anilines is 1. The highest BCUT2D eigenvalue weighted by molar-refractivity contribution is 5.78. The van der Waals surface area contributed by atoms with Crippen molar-refractivity contribution >= 4 is 17.0 Å². The molecule has 0 amide bonds. The zero-order valence-electron chi connectivity index (χ0n) is 13.1. The van der Waals surface area contributed by atoms with Crippen LogP contribution < -0.4 is 5.32 Å². The van der Waals surface area contributed by atoms with Gasteiger partial charge in [-0.2, -0.15) is 0 Å². The smallest absolute Gasteiger partial charge is 0.203 e. The number of para-hydroxylation sites is 2. The Morgan fingerprint density at radius 1 is 1.30 bits per heavy atom. The molecule has 1 unspecified atom stereocenters. The van der Waals surface area contributed by atoms with Crippen LogP contribution in [0, 0.1) is 5.92 Å². The first-order chi connectivity index (χ1) is 11.2. The molecule has 0 aliphatic heterocycles. The highest BCUT2D eigenvalue weighted by Gasteiger charge is 2.33. The Morgan fingerprint density at radius 3 is 2.96 bits per heavy atom. The molecule has 1 aromatic carbocycles. The quantitative estimate of drug-likeness (QED) is 0.773. The van der Waals surface area contributed by atoms with E-state index in [1.165, 1.54) is 0 Å². The Kier molecular flexibility index (Phi) is 3.53. The summed E-state index contributed by atoms with van der Waals surface area (Å²) in [6.07, 6.45) is 6.99. The number of rotatable bonds is 4. The average molecular weight is 311 g/mol. The number of nitrogens with one attached hydrogen (secondary N) is 1. The van der Waals surface area contributed by atoms with Crippen LogP contribution in [0.3, 0.4) is 0 Å². The lowest BCUT2D eigenvalue weighted by atomic mass is 10.1. The van der Waals surface area contributed by atoms with Crippen molar-refractivity contribution in [1.82, 2.24) is 19.1 Å². The molecule has 23 heavy (non-hydrogen) atoms. The molecule has 6 heteroatoms. The first-order valence-corrected chi connectivity index (χ1v) is 8.02. The van der Waals surface area contributed by atoms with Crippen LogP contribution in [0.1, 0.15) is 12.8 Å². The minimum atomic E-state index is -0.344. The predicted octanol–water partition coefficient (Wildman–Crippen LogP) is 2.02. The highest BCUT2D eigenvalue weighted by Crippen LogP contribution is 2.30. The number of aryl methyl sites for hydroxylation is 1. The molecular weight excluding hydrogens is 290 g/mol. The van der Waals surface area contributed by atoms with Crippen molar-refractivity contribution < 1.29 is 5.11 Å². The van der Waals surface area contributed by atoms with Crippen molar-refractivity contribution in [3.05, 3.63) is 43.0 Å². The molecule has 0 spiro atoms. The van der Waals surface area contributed by atoms with Crippen molar-refractivity contribution in [1.29, 1.82) is 0 Å². The Balaban J connectivity index is 1.48. The van der Waals surface area contributed by atoms with Gasteiger partial charge < -0.3 is 19.6 Å². The molecule has 3 atom stereocenters. The molecule has 0 bridgehead atoms. The number of aliphatic hydroxyl groups is 1. The summed E-state index contributed by atoms with van der Waals surface area (Å²) < 4.78 is 4.13. The lowest BCUT2D eigenvalue weighted by Gasteiger charge is -2.17. The number of nitrogens with zero attached hydrogens (tertiary/aromatic N) is 4. The lowest BCUT2D eigenvalue weighted by molar-refractivity contribution is 0.166. The minimum Gasteiger partial charge on any atom is -0.391 e. The van der Waals surface area contributed by atoms with Gasteiger partial charge in [0.2, 0.25) is 5.95 Å². The molecule has 4 rings (SSSR count). The van der Waals surface area contributed by atoms with Crippen molar-refractivity contribution in [2.24, 2.45) is 13.0 Å². The molecular formula is C17H21N5O. The van der Waals surface area contributed by atoms with Gasteiger partial charge in [-0.25, -0.2) is 9.97 Å². The fraction of sp³-hybridized carbons (Fsp3) is 0.412.